The van der Waals surface area contributed by atoms with Crippen molar-refractivity contribution in [3.05, 3.63) is 71.5 Å². The van der Waals surface area contributed by atoms with Crippen molar-refractivity contribution < 1.29 is 4.39 Å². The minimum Gasteiger partial charge on any atom is -0.319 e. The number of halogens is 1. The van der Waals surface area contributed by atoms with E-state index in [1.165, 1.54) is 5.56 Å². The lowest BCUT2D eigenvalue weighted by molar-refractivity contribution is 0.515. The normalized spacial score (nSPS) is 22.5. The van der Waals surface area contributed by atoms with Crippen molar-refractivity contribution in [1.82, 2.24) is 5.32 Å². The minimum absolute atomic E-state index is 0.0774. The lowest BCUT2D eigenvalue weighted by atomic mass is 9.91. The second kappa shape index (κ2) is 5.76. The Labute approximate surface area is 119 Å². The molecule has 0 saturated heterocycles. The SMILES string of the molecule is CNCC(c1ccccc1F)C1CC1c1ccccc1. The number of likely N-dealkylation sites (N-methyl/N-ethyl adjacent to an activating group) is 1. The van der Waals surface area contributed by atoms with Gasteiger partial charge >= 0.3 is 0 Å². The van der Waals surface area contributed by atoms with Crippen molar-refractivity contribution in [1.29, 1.82) is 0 Å². The molecule has 1 aliphatic carbocycles. The van der Waals surface area contributed by atoms with Crippen molar-refractivity contribution in [2.75, 3.05) is 13.6 Å². The zero-order valence-corrected chi connectivity index (χ0v) is 11.7. The van der Waals surface area contributed by atoms with E-state index in [0.29, 0.717) is 11.8 Å². The summed E-state index contributed by atoms with van der Waals surface area (Å²) in [5, 5.41) is 3.22. The molecule has 0 heterocycles. The van der Waals surface area contributed by atoms with E-state index < -0.39 is 0 Å². The van der Waals surface area contributed by atoms with E-state index in [9.17, 15) is 4.39 Å². The van der Waals surface area contributed by atoms with Crippen LogP contribution in [0, 0.1) is 11.7 Å². The molecular weight excluding hydrogens is 249 g/mol. The molecule has 1 saturated carbocycles. The summed E-state index contributed by atoms with van der Waals surface area (Å²) in [5.41, 5.74) is 2.24. The number of hydrogen-bond donors (Lipinski definition) is 1. The Bertz CT molecular complexity index is 567. The van der Waals surface area contributed by atoms with E-state index >= 15 is 0 Å². The number of hydrogen-bond acceptors (Lipinski definition) is 1. The van der Waals surface area contributed by atoms with Crippen LogP contribution in [0.15, 0.2) is 54.6 Å². The molecule has 3 rings (SSSR count). The molecule has 20 heavy (non-hydrogen) atoms. The number of nitrogens with one attached hydrogen (secondary N) is 1. The topological polar surface area (TPSA) is 12.0 Å². The van der Waals surface area contributed by atoms with Gasteiger partial charge in [0.25, 0.3) is 0 Å². The molecule has 0 bridgehead atoms. The Morgan fingerprint density at radius 3 is 2.50 bits per heavy atom. The fourth-order valence-electron chi connectivity index (χ4n) is 3.23. The average molecular weight is 269 g/mol. The maximum Gasteiger partial charge on any atom is 0.126 e. The summed E-state index contributed by atoms with van der Waals surface area (Å²) >= 11 is 0. The molecule has 2 aromatic carbocycles. The first kappa shape index (κ1) is 13.3. The standard InChI is InChI=1S/C18H20FN/c1-20-12-17(14-9-5-6-10-18(14)19)16-11-15(16)13-7-3-2-4-8-13/h2-10,15-17,20H,11-12H2,1H3. The highest BCUT2D eigenvalue weighted by Crippen LogP contribution is 2.54. The van der Waals surface area contributed by atoms with E-state index in [4.69, 9.17) is 0 Å². The fraction of sp³-hybridized carbons (Fsp3) is 0.333. The molecule has 1 nitrogen and oxygen atoms in total. The first-order chi connectivity index (χ1) is 9.81. The minimum atomic E-state index is -0.0774. The molecular formula is C18H20FN. The van der Waals surface area contributed by atoms with Gasteiger partial charge in [-0.05, 0) is 42.5 Å². The molecule has 0 amide bonds. The molecule has 1 fully saturated rings. The van der Waals surface area contributed by atoms with Crippen LogP contribution >= 0.6 is 0 Å². The van der Waals surface area contributed by atoms with Crippen LogP contribution in [0.4, 0.5) is 4.39 Å². The van der Waals surface area contributed by atoms with Crippen molar-refractivity contribution in [3.8, 4) is 0 Å². The van der Waals surface area contributed by atoms with Crippen LogP contribution in [0.25, 0.3) is 0 Å². The fourth-order valence-corrected chi connectivity index (χ4v) is 3.23. The highest BCUT2D eigenvalue weighted by Gasteiger charge is 2.44. The highest BCUT2D eigenvalue weighted by molar-refractivity contribution is 5.31. The molecule has 2 heteroatoms. The molecule has 0 aliphatic heterocycles. The van der Waals surface area contributed by atoms with Crippen LogP contribution < -0.4 is 5.32 Å². The zero-order valence-electron chi connectivity index (χ0n) is 11.7. The third kappa shape index (κ3) is 2.61. The van der Waals surface area contributed by atoms with Gasteiger partial charge < -0.3 is 5.32 Å². The molecule has 3 atom stereocenters. The predicted molar refractivity (Wildman–Crippen MR) is 80.4 cm³/mol. The van der Waals surface area contributed by atoms with Gasteiger partial charge in [-0.2, -0.15) is 0 Å². The van der Waals surface area contributed by atoms with Crippen molar-refractivity contribution >= 4 is 0 Å². The van der Waals surface area contributed by atoms with Crippen LogP contribution in [-0.4, -0.2) is 13.6 Å². The maximum absolute atomic E-state index is 14.1. The van der Waals surface area contributed by atoms with Crippen LogP contribution in [0.3, 0.4) is 0 Å². The molecule has 0 radical (unpaired) electrons. The average Bonchev–Trinajstić information content (AvgIpc) is 3.27. The van der Waals surface area contributed by atoms with Crippen LogP contribution in [0.1, 0.15) is 29.4 Å². The van der Waals surface area contributed by atoms with E-state index in [0.717, 1.165) is 18.5 Å². The third-order valence-electron chi connectivity index (χ3n) is 4.31. The van der Waals surface area contributed by atoms with Crippen molar-refractivity contribution in [3.63, 3.8) is 0 Å². The van der Waals surface area contributed by atoms with Gasteiger partial charge in [-0.1, -0.05) is 48.5 Å². The van der Waals surface area contributed by atoms with Gasteiger partial charge in [0.2, 0.25) is 0 Å². The first-order valence-corrected chi connectivity index (χ1v) is 7.25. The molecule has 104 valence electrons. The highest BCUT2D eigenvalue weighted by atomic mass is 19.1. The van der Waals surface area contributed by atoms with Gasteiger partial charge in [0.1, 0.15) is 5.82 Å². The Morgan fingerprint density at radius 1 is 1.10 bits per heavy atom. The smallest absolute Gasteiger partial charge is 0.126 e. The quantitative estimate of drug-likeness (QED) is 0.867. The van der Waals surface area contributed by atoms with Gasteiger partial charge in [-0.3, -0.25) is 0 Å². The maximum atomic E-state index is 14.1. The summed E-state index contributed by atoms with van der Waals surface area (Å²) in [5.74, 6) is 1.30. The first-order valence-electron chi connectivity index (χ1n) is 7.25. The Balaban J connectivity index is 1.82. The van der Waals surface area contributed by atoms with Crippen LogP contribution in [0.2, 0.25) is 0 Å². The van der Waals surface area contributed by atoms with E-state index in [1.807, 2.05) is 25.2 Å². The summed E-state index contributed by atoms with van der Waals surface area (Å²) in [6.07, 6.45) is 1.16. The van der Waals surface area contributed by atoms with Gasteiger partial charge in [-0.25, -0.2) is 4.39 Å². The monoisotopic (exact) mass is 269 g/mol. The molecule has 0 aromatic heterocycles. The summed E-state index contributed by atoms with van der Waals surface area (Å²) < 4.78 is 14.1. The van der Waals surface area contributed by atoms with Crippen molar-refractivity contribution in [2.45, 2.75) is 18.3 Å². The van der Waals surface area contributed by atoms with E-state index in [1.54, 1.807) is 12.1 Å². The lowest BCUT2D eigenvalue weighted by Crippen LogP contribution is -2.20. The Hall–Kier alpha value is -1.67. The van der Waals surface area contributed by atoms with E-state index in [-0.39, 0.29) is 11.7 Å². The Kier molecular flexibility index (Phi) is 3.83. The summed E-state index contributed by atoms with van der Waals surface area (Å²) in [6.45, 7) is 0.828. The largest absolute Gasteiger partial charge is 0.319 e. The van der Waals surface area contributed by atoms with Gasteiger partial charge in [-0.15, -0.1) is 0 Å². The van der Waals surface area contributed by atoms with Crippen molar-refractivity contribution in [2.24, 2.45) is 5.92 Å². The predicted octanol–water partition coefficient (Wildman–Crippen LogP) is 3.93. The molecule has 0 spiro atoms. The number of rotatable bonds is 5. The second-order valence-corrected chi connectivity index (χ2v) is 5.60. The van der Waals surface area contributed by atoms with E-state index in [2.05, 4.69) is 29.6 Å². The number of benzene rings is 2. The summed E-state index contributed by atoms with van der Waals surface area (Å²) in [6, 6.07) is 17.8. The molecule has 2 aromatic rings. The zero-order chi connectivity index (χ0) is 13.9. The van der Waals surface area contributed by atoms with Gasteiger partial charge in [0.15, 0.2) is 0 Å². The van der Waals surface area contributed by atoms with Crippen LogP contribution in [-0.2, 0) is 0 Å². The van der Waals surface area contributed by atoms with Crippen LogP contribution in [0.5, 0.6) is 0 Å². The molecule has 1 N–H and O–H groups in total. The Morgan fingerprint density at radius 2 is 1.80 bits per heavy atom. The third-order valence-corrected chi connectivity index (χ3v) is 4.31. The second-order valence-electron chi connectivity index (χ2n) is 5.60. The summed E-state index contributed by atoms with van der Waals surface area (Å²) in [7, 11) is 1.94. The summed E-state index contributed by atoms with van der Waals surface area (Å²) in [4.78, 5) is 0. The molecule has 3 unspecified atom stereocenters. The van der Waals surface area contributed by atoms with Gasteiger partial charge in [0, 0.05) is 12.5 Å². The molecule has 1 aliphatic rings. The van der Waals surface area contributed by atoms with Gasteiger partial charge in [0.05, 0.1) is 0 Å². The lowest BCUT2D eigenvalue weighted by Gasteiger charge is -2.18.